The summed E-state index contributed by atoms with van der Waals surface area (Å²) >= 11 is 0. The molecule has 0 amide bonds. The average molecular weight is 547 g/mol. The number of allylic oxidation sites excluding steroid dienone is 4. The molecule has 0 bridgehead atoms. The molecule has 4 heteroatoms. The van der Waals surface area contributed by atoms with Crippen molar-refractivity contribution in [1.29, 1.82) is 0 Å². The van der Waals surface area contributed by atoms with Gasteiger partial charge in [-0.3, -0.25) is 14.4 Å². The van der Waals surface area contributed by atoms with E-state index in [1.165, 1.54) is 5.57 Å². The molecular formula is C36H50O4. The van der Waals surface area contributed by atoms with Gasteiger partial charge in [-0.1, -0.05) is 88.8 Å². The molecular weight excluding hydrogens is 496 g/mol. The Balaban J connectivity index is 1.53. The molecule has 0 saturated carbocycles. The van der Waals surface area contributed by atoms with E-state index in [0.29, 0.717) is 30.6 Å². The van der Waals surface area contributed by atoms with Crippen molar-refractivity contribution in [2.45, 2.75) is 106 Å². The van der Waals surface area contributed by atoms with Crippen LogP contribution in [0.3, 0.4) is 0 Å². The second kappa shape index (κ2) is 12.8. The maximum Gasteiger partial charge on any atom is 0.163 e. The Morgan fingerprint density at radius 1 is 0.800 bits per heavy atom. The lowest BCUT2D eigenvalue weighted by Crippen LogP contribution is -2.35. The van der Waals surface area contributed by atoms with Crippen molar-refractivity contribution < 1.29 is 19.1 Å². The van der Waals surface area contributed by atoms with Crippen molar-refractivity contribution in [3.63, 3.8) is 0 Å². The molecule has 3 rings (SSSR count). The fourth-order valence-electron chi connectivity index (χ4n) is 7.04. The topological polar surface area (TPSA) is 60.4 Å². The summed E-state index contributed by atoms with van der Waals surface area (Å²) in [5.74, 6) is 0.834. The number of Topliss-reactive ketones (excluding diaryl/α,β-unsaturated/α-hetero) is 3. The van der Waals surface area contributed by atoms with Crippen molar-refractivity contribution in [2.24, 2.45) is 28.6 Å². The molecule has 0 radical (unpaired) electrons. The number of carbonyl (C=O) groups is 3. The minimum absolute atomic E-state index is 0.0190. The van der Waals surface area contributed by atoms with E-state index in [0.717, 1.165) is 36.8 Å². The molecule has 1 aromatic carbocycles. The number of ether oxygens (including phenoxy) is 1. The number of carbonyl (C=O) groups excluding carboxylic acids is 3. The van der Waals surface area contributed by atoms with Gasteiger partial charge in [-0.15, -0.1) is 0 Å². The maximum absolute atomic E-state index is 13.2. The molecule has 218 valence electrons. The molecule has 40 heavy (non-hydrogen) atoms. The monoisotopic (exact) mass is 546 g/mol. The molecule has 0 aromatic heterocycles. The van der Waals surface area contributed by atoms with Crippen molar-refractivity contribution >= 4 is 23.1 Å². The van der Waals surface area contributed by atoms with Crippen LogP contribution in [-0.4, -0.2) is 23.5 Å². The minimum atomic E-state index is -0.294. The average Bonchev–Trinajstić information content (AvgIpc) is 2.82. The highest BCUT2D eigenvalue weighted by atomic mass is 16.5. The fourth-order valence-corrected chi connectivity index (χ4v) is 7.04. The van der Waals surface area contributed by atoms with Crippen molar-refractivity contribution in [3.8, 4) is 0 Å². The third-order valence-electron chi connectivity index (χ3n) is 9.07. The summed E-state index contributed by atoms with van der Waals surface area (Å²) in [4.78, 5) is 39.3. The standard InChI is InChI=1S/C36H50O4/c1-23(21-31(38)33-24(2)12-10-18-35(33,6)7)20-30(37)29-16-14-28(15-17-29)27(5)40-26(4)22-32(39)34-25(3)13-11-19-36(34,8)9/h12-17,23,26,33-34H,5,10-11,18-22H2,1-4,6-9H3. The summed E-state index contributed by atoms with van der Waals surface area (Å²) in [6.07, 6.45) is 9.25. The number of hydrogen-bond acceptors (Lipinski definition) is 4. The van der Waals surface area contributed by atoms with Crippen molar-refractivity contribution in [1.82, 2.24) is 0 Å². The SMILES string of the molecule is C=C(OC(C)CC(=O)C1C(C)=CCCC1(C)C)c1ccc(C(=O)CC(C)CC(=O)C2C(C)=CCCC2(C)C)cc1. The molecule has 2 aliphatic carbocycles. The van der Waals surface area contributed by atoms with Gasteiger partial charge in [0.25, 0.3) is 0 Å². The van der Waals surface area contributed by atoms with E-state index >= 15 is 0 Å². The first-order valence-corrected chi connectivity index (χ1v) is 15.0. The molecule has 0 aliphatic heterocycles. The Hall–Kier alpha value is -2.75. The van der Waals surface area contributed by atoms with Gasteiger partial charge in [0, 0.05) is 42.2 Å². The first-order chi connectivity index (χ1) is 18.6. The minimum Gasteiger partial charge on any atom is -0.490 e. The highest BCUT2D eigenvalue weighted by Crippen LogP contribution is 2.43. The molecule has 0 N–H and O–H groups in total. The third kappa shape index (κ3) is 7.71. The summed E-state index contributed by atoms with van der Waals surface area (Å²) in [5.41, 5.74) is 3.66. The Bertz CT molecular complexity index is 1080. The Kier molecular flexibility index (Phi) is 10.2. The lowest BCUT2D eigenvalue weighted by atomic mass is 9.66. The Labute approximate surface area is 242 Å². The van der Waals surface area contributed by atoms with Crippen LogP contribution >= 0.6 is 0 Å². The number of benzene rings is 1. The van der Waals surface area contributed by atoms with Crippen LogP contribution in [0.25, 0.3) is 5.76 Å². The maximum atomic E-state index is 13.2. The van der Waals surface area contributed by atoms with E-state index in [4.69, 9.17) is 4.74 Å². The van der Waals surface area contributed by atoms with E-state index in [9.17, 15) is 14.4 Å². The van der Waals surface area contributed by atoms with Crippen LogP contribution in [-0.2, 0) is 14.3 Å². The second-order valence-corrected chi connectivity index (χ2v) is 13.8. The normalized spacial score (nSPS) is 23.3. The van der Waals surface area contributed by atoms with Crippen LogP contribution in [0, 0.1) is 28.6 Å². The van der Waals surface area contributed by atoms with E-state index in [1.54, 1.807) is 12.1 Å². The summed E-state index contributed by atoms with van der Waals surface area (Å²) < 4.78 is 6.03. The van der Waals surface area contributed by atoms with Gasteiger partial charge in [0.05, 0.1) is 0 Å². The zero-order valence-electron chi connectivity index (χ0n) is 26.1. The van der Waals surface area contributed by atoms with Gasteiger partial charge < -0.3 is 4.74 Å². The molecule has 0 heterocycles. The van der Waals surface area contributed by atoms with Crippen LogP contribution in [0.5, 0.6) is 0 Å². The molecule has 4 atom stereocenters. The zero-order valence-corrected chi connectivity index (χ0v) is 26.1. The van der Waals surface area contributed by atoms with Crippen molar-refractivity contribution in [2.75, 3.05) is 0 Å². The summed E-state index contributed by atoms with van der Waals surface area (Å²) in [5, 5.41) is 0. The third-order valence-corrected chi connectivity index (χ3v) is 9.07. The molecule has 4 unspecified atom stereocenters. The quantitative estimate of drug-likeness (QED) is 0.149. The Morgan fingerprint density at radius 3 is 1.73 bits per heavy atom. The van der Waals surface area contributed by atoms with Crippen LogP contribution in [0.4, 0.5) is 0 Å². The molecule has 4 nitrogen and oxygen atoms in total. The Morgan fingerprint density at radius 2 is 1.25 bits per heavy atom. The fraction of sp³-hybridized carbons (Fsp3) is 0.583. The van der Waals surface area contributed by atoms with Crippen LogP contribution in [0.2, 0.25) is 0 Å². The second-order valence-electron chi connectivity index (χ2n) is 13.8. The van der Waals surface area contributed by atoms with Gasteiger partial charge >= 0.3 is 0 Å². The lowest BCUT2D eigenvalue weighted by molar-refractivity contribution is -0.127. The largest absolute Gasteiger partial charge is 0.490 e. The highest BCUT2D eigenvalue weighted by Gasteiger charge is 2.39. The van der Waals surface area contributed by atoms with E-state index < -0.39 is 0 Å². The van der Waals surface area contributed by atoms with E-state index in [-0.39, 0.29) is 52.0 Å². The predicted molar refractivity (Wildman–Crippen MR) is 164 cm³/mol. The molecule has 1 aromatic rings. The molecule has 0 fully saturated rings. The van der Waals surface area contributed by atoms with Crippen LogP contribution in [0.15, 0.2) is 54.1 Å². The summed E-state index contributed by atoms with van der Waals surface area (Å²) in [7, 11) is 0. The van der Waals surface area contributed by atoms with Crippen molar-refractivity contribution in [3.05, 3.63) is 65.3 Å². The predicted octanol–water partition coefficient (Wildman–Crippen LogP) is 8.95. The molecule has 0 saturated heterocycles. The van der Waals surface area contributed by atoms with E-state index in [2.05, 4.69) is 60.3 Å². The number of ketones is 3. The highest BCUT2D eigenvalue weighted by molar-refractivity contribution is 5.97. The van der Waals surface area contributed by atoms with Gasteiger partial charge in [0.1, 0.15) is 23.4 Å². The van der Waals surface area contributed by atoms with Gasteiger partial charge in [0.15, 0.2) is 5.78 Å². The zero-order chi connectivity index (χ0) is 29.8. The lowest BCUT2D eigenvalue weighted by Gasteiger charge is -2.37. The van der Waals surface area contributed by atoms with Crippen LogP contribution in [0.1, 0.15) is 116 Å². The summed E-state index contributed by atoms with van der Waals surface area (Å²) in [6, 6.07) is 7.28. The number of rotatable bonds is 12. The molecule has 0 spiro atoms. The first kappa shape index (κ1) is 31.8. The van der Waals surface area contributed by atoms with Gasteiger partial charge in [-0.05, 0) is 63.2 Å². The smallest absolute Gasteiger partial charge is 0.163 e. The molecule has 2 aliphatic rings. The first-order valence-electron chi connectivity index (χ1n) is 15.0. The summed E-state index contributed by atoms with van der Waals surface area (Å²) in [6.45, 7) is 20.8. The van der Waals surface area contributed by atoms with E-state index in [1.807, 2.05) is 26.0 Å². The van der Waals surface area contributed by atoms with Gasteiger partial charge in [-0.2, -0.15) is 0 Å². The van der Waals surface area contributed by atoms with Crippen LogP contribution < -0.4 is 0 Å². The van der Waals surface area contributed by atoms with Gasteiger partial charge in [-0.25, -0.2) is 0 Å². The van der Waals surface area contributed by atoms with Gasteiger partial charge in [0.2, 0.25) is 0 Å². The number of hydrogen-bond donors (Lipinski definition) is 0.